The molecule has 8 heteroatoms. The molecule has 0 saturated carbocycles. The molecule has 0 saturated heterocycles. The summed E-state index contributed by atoms with van der Waals surface area (Å²) >= 11 is 1.67. The summed E-state index contributed by atoms with van der Waals surface area (Å²) in [4.78, 5) is -0.454. The van der Waals surface area contributed by atoms with E-state index in [1.165, 1.54) is 13.8 Å². The van der Waals surface area contributed by atoms with Crippen LogP contribution in [0.2, 0.25) is 0 Å². The van der Waals surface area contributed by atoms with Crippen LogP contribution < -0.4 is 0 Å². The lowest BCUT2D eigenvalue weighted by Crippen LogP contribution is -2.48. The van der Waals surface area contributed by atoms with Crippen molar-refractivity contribution in [3.05, 3.63) is 69.4 Å². The van der Waals surface area contributed by atoms with Crippen molar-refractivity contribution in [2.75, 3.05) is 0 Å². The first-order chi connectivity index (χ1) is 14.5. The second kappa shape index (κ2) is 6.36. The summed E-state index contributed by atoms with van der Waals surface area (Å²) in [6.45, 7) is 3.00. The van der Waals surface area contributed by atoms with Crippen LogP contribution in [0.4, 0.5) is 26.3 Å². The van der Waals surface area contributed by atoms with Gasteiger partial charge in [0.25, 0.3) is 0 Å². The molecule has 0 fully saturated rings. The molecule has 0 bridgehead atoms. The molecule has 2 aromatic carbocycles. The van der Waals surface area contributed by atoms with E-state index in [1.54, 1.807) is 48.5 Å². The molecule has 0 radical (unpaired) electrons. The summed E-state index contributed by atoms with van der Waals surface area (Å²) in [7, 11) is 0. The van der Waals surface area contributed by atoms with Gasteiger partial charge in [-0.2, -0.15) is 26.3 Å². The largest absolute Gasteiger partial charge is 0.380 e. The summed E-state index contributed by atoms with van der Waals surface area (Å²) in [5, 5.41) is 1.16. The molecule has 0 aliphatic heterocycles. The molecule has 160 valence electrons. The van der Waals surface area contributed by atoms with Gasteiger partial charge in [-0.15, -0.1) is 22.7 Å². The molecule has 0 amide bonds. The van der Waals surface area contributed by atoms with Crippen molar-refractivity contribution >= 4 is 54.0 Å². The van der Waals surface area contributed by atoms with Crippen molar-refractivity contribution in [3.8, 4) is 0 Å². The Morgan fingerprint density at radius 2 is 0.935 bits per heavy atom. The first-order valence-electron chi connectivity index (χ1n) is 9.36. The van der Waals surface area contributed by atoms with E-state index in [9.17, 15) is 8.78 Å². The topological polar surface area (TPSA) is 0 Å². The summed E-state index contributed by atoms with van der Waals surface area (Å²) in [5.74, 6) is -15.6. The van der Waals surface area contributed by atoms with Crippen molar-refractivity contribution in [2.45, 2.75) is 31.6 Å². The standard InChI is InChI=1S/C23H14F6S2/c1-11-13-7-3-5-9-15(13)30-19(11)17-18(22(26,27)23(28,29)21(17,24)25)20-12(2)14-8-4-6-10-16(14)31-20/h3-10H,1-2H3. The van der Waals surface area contributed by atoms with Gasteiger partial charge < -0.3 is 0 Å². The van der Waals surface area contributed by atoms with Crippen molar-refractivity contribution < 1.29 is 26.3 Å². The van der Waals surface area contributed by atoms with Gasteiger partial charge in [-0.1, -0.05) is 36.4 Å². The zero-order valence-corrected chi connectivity index (χ0v) is 17.8. The fourth-order valence-electron chi connectivity index (χ4n) is 4.16. The lowest BCUT2D eigenvalue weighted by molar-refractivity contribution is -0.254. The van der Waals surface area contributed by atoms with Crippen LogP contribution in [-0.2, 0) is 0 Å². The van der Waals surface area contributed by atoms with Crippen LogP contribution >= 0.6 is 22.7 Å². The molecular weight excluding hydrogens is 454 g/mol. The molecule has 0 nitrogen and oxygen atoms in total. The first-order valence-corrected chi connectivity index (χ1v) is 11.0. The Labute approximate surface area is 181 Å². The van der Waals surface area contributed by atoms with Gasteiger partial charge in [0.05, 0.1) is 11.1 Å². The third kappa shape index (κ3) is 2.49. The lowest BCUT2D eigenvalue weighted by Gasteiger charge is -2.25. The molecule has 31 heavy (non-hydrogen) atoms. The number of halogens is 6. The van der Waals surface area contributed by atoms with E-state index in [1.807, 2.05) is 0 Å². The van der Waals surface area contributed by atoms with E-state index in [2.05, 4.69) is 0 Å². The Bertz CT molecular complexity index is 1290. The molecule has 1 aliphatic carbocycles. The molecule has 1 aliphatic rings. The molecule has 0 spiro atoms. The SMILES string of the molecule is Cc1c(C2=C(c3sc4ccccc4c3C)C(F)(F)C(F)(F)C2(F)F)sc2ccccc12. The van der Waals surface area contributed by atoms with Gasteiger partial charge in [-0.05, 0) is 47.9 Å². The number of aryl methyl sites for hydroxylation is 2. The van der Waals surface area contributed by atoms with Crippen molar-refractivity contribution in [1.29, 1.82) is 0 Å². The van der Waals surface area contributed by atoms with E-state index >= 15 is 17.6 Å². The number of allylic oxidation sites excluding steroid dienone is 2. The van der Waals surface area contributed by atoms with Crippen LogP contribution in [0.1, 0.15) is 20.9 Å². The Kier molecular flexibility index (Phi) is 4.22. The van der Waals surface area contributed by atoms with Gasteiger partial charge in [-0.3, -0.25) is 0 Å². The van der Waals surface area contributed by atoms with E-state index in [4.69, 9.17) is 0 Å². The fourth-order valence-corrected chi connectivity index (χ4v) is 6.75. The van der Waals surface area contributed by atoms with Crippen LogP contribution in [0.25, 0.3) is 31.3 Å². The number of rotatable bonds is 2. The Morgan fingerprint density at radius 1 is 0.581 bits per heavy atom. The number of benzene rings is 2. The van der Waals surface area contributed by atoms with Crippen molar-refractivity contribution in [3.63, 3.8) is 0 Å². The van der Waals surface area contributed by atoms with Gasteiger partial charge >= 0.3 is 17.8 Å². The maximum atomic E-state index is 15.1. The predicted molar refractivity (Wildman–Crippen MR) is 115 cm³/mol. The number of thiophene rings is 2. The molecule has 0 N–H and O–H groups in total. The van der Waals surface area contributed by atoms with Crippen LogP contribution in [0.15, 0.2) is 48.5 Å². The minimum Gasteiger partial charge on any atom is -0.194 e. The molecule has 2 aromatic heterocycles. The minimum absolute atomic E-state index is 0.227. The van der Waals surface area contributed by atoms with Gasteiger partial charge in [0.2, 0.25) is 0 Å². The number of fused-ring (bicyclic) bond motifs is 2. The highest BCUT2D eigenvalue weighted by atomic mass is 32.1. The normalized spacial score (nSPS) is 19.6. The van der Waals surface area contributed by atoms with Crippen molar-refractivity contribution in [1.82, 2.24) is 0 Å². The average molecular weight is 468 g/mol. The highest BCUT2D eigenvalue weighted by Crippen LogP contribution is 2.66. The average Bonchev–Trinajstić information content (AvgIpc) is 3.25. The van der Waals surface area contributed by atoms with E-state index in [0.717, 1.165) is 22.7 Å². The smallest absolute Gasteiger partial charge is 0.194 e. The summed E-state index contributed by atoms with van der Waals surface area (Å²) in [6, 6.07) is 13.4. The van der Waals surface area contributed by atoms with Crippen LogP contribution in [0.5, 0.6) is 0 Å². The molecule has 2 heterocycles. The van der Waals surface area contributed by atoms with Crippen LogP contribution in [0, 0.1) is 13.8 Å². The first kappa shape index (κ1) is 20.6. The highest BCUT2D eigenvalue weighted by Gasteiger charge is 2.80. The third-order valence-corrected chi connectivity index (χ3v) is 8.39. The Hall–Kier alpha value is -2.32. The monoisotopic (exact) mass is 468 g/mol. The Morgan fingerprint density at radius 3 is 1.29 bits per heavy atom. The Balaban J connectivity index is 1.94. The number of hydrogen-bond acceptors (Lipinski definition) is 2. The third-order valence-electron chi connectivity index (χ3n) is 5.81. The molecule has 0 atom stereocenters. The molecule has 4 aromatic rings. The molecular formula is C23H14F6S2. The number of hydrogen-bond donors (Lipinski definition) is 0. The van der Waals surface area contributed by atoms with E-state index < -0.39 is 28.9 Å². The maximum Gasteiger partial charge on any atom is 0.380 e. The highest BCUT2D eigenvalue weighted by molar-refractivity contribution is 7.21. The van der Waals surface area contributed by atoms with E-state index in [-0.39, 0.29) is 9.75 Å². The quantitative estimate of drug-likeness (QED) is 0.259. The van der Waals surface area contributed by atoms with Gasteiger partial charge in [0.15, 0.2) is 0 Å². The van der Waals surface area contributed by atoms with Crippen molar-refractivity contribution in [2.24, 2.45) is 0 Å². The minimum atomic E-state index is -5.55. The molecule has 0 unspecified atom stereocenters. The van der Waals surface area contributed by atoms with Gasteiger partial charge in [-0.25, -0.2) is 0 Å². The predicted octanol–water partition coefficient (Wildman–Crippen LogP) is 8.56. The van der Waals surface area contributed by atoms with Crippen LogP contribution in [0.3, 0.4) is 0 Å². The second-order valence-electron chi connectivity index (χ2n) is 7.58. The van der Waals surface area contributed by atoms with E-state index in [0.29, 0.717) is 31.3 Å². The fraction of sp³-hybridized carbons (Fsp3) is 0.217. The second-order valence-corrected chi connectivity index (χ2v) is 9.68. The summed E-state index contributed by atoms with van der Waals surface area (Å²) in [5.41, 5.74) is -1.95. The van der Waals surface area contributed by atoms with Gasteiger partial charge in [0, 0.05) is 19.2 Å². The number of alkyl halides is 6. The van der Waals surface area contributed by atoms with Gasteiger partial charge in [0.1, 0.15) is 0 Å². The maximum absolute atomic E-state index is 15.1. The van der Waals surface area contributed by atoms with Crippen LogP contribution in [-0.4, -0.2) is 17.8 Å². The summed E-state index contributed by atoms with van der Waals surface area (Å²) in [6.07, 6.45) is 0. The lowest BCUT2D eigenvalue weighted by atomic mass is 9.99. The zero-order chi connectivity index (χ0) is 22.3. The zero-order valence-electron chi connectivity index (χ0n) is 16.2. The summed E-state index contributed by atoms with van der Waals surface area (Å²) < 4.78 is 90.9. The molecule has 5 rings (SSSR count).